The quantitative estimate of drug-likeness (QED) is 0.748. The van der Waals surface area contributed by atoms with E-state index in [1.165, 1.54) is 7.11 Å². The Bertz CT molecular complexity index is 538. The van der Waals surface area contributed by atoms with Gasteiger partial charge in [0.2, 0.25) is 0 Å². The number of benzene rings is 1. The highest BCUT2D eigenvalue weighted by molar-refractivity contribution is 5.82. The summed E-state index contributed by atoms with van der Waals surface area (Å²) in [5, 5.41) is 17.7. The van der Waals surface area contributed by atoms with Gasteiger partial charge in [-0.25, -0.2) is 0 Å². The van der Waals surface area contributed by atoms with Crippen LogP contribution >= 0.6 is 0 Å². The number of nitrogens with zero attached hydrogens (tertiary/aromatic N) is 2. The molecule has 0 aliphatic heterocycles. The number of ether oxygens (including phenoxy) is 2. The average Bonchev–Trinajstić information content (AvgIpc) is 2.48. The molecule has 0 saturated heterocycles. The van der Waals surface area contributed by atoms with Gasteiger partial charge in [-0.1, -0.05) is 12.1 Å². The van der Waals surface area contributed by atoms with Crippen molar-refractivity contribution in [3.05, 3.63) is 29.8 Å². The first-order chi connectivity index (χ1) is 10.1. The first kappa shape index (κ1) is 16.5. The van der Waals surface area contributed by atoms with Crippen LogP contribution in [0.25, 0.3) is 0 Å². The second-order valence-electron chi connectivity index (χ2n) is 4.10. The van der Waals surface area contributed by atoms with Crippen LogP contribution in [0, 0.1) is 11.3 Å². The van der Waals surface area contributed by atoms with Crippen LogP contribution in [0.1, 0.15) is 5.56 Å². The lowest BCUT2D eigenvalue weighted by atomic mass is 10.2. The SMILES string of the molecule is COCCN(CC(=O)O)C(=O)COc1ccccc1C#N. The van der Waals surface area contributed by atoms with Crippen LogP contribution in [0.4, 0.5) is 0 Å². The van der Waals surface area contributed by atoms with Crippen molar-refractivity contribution in [2.24, 2.45) is 0 Å². The van der Waals surface area contributed by atoms with Gasteiger partial charge in [-0.05, 0) is 12.1 Å². The summed E-state index contributed by atoms with van der Waals surface area (Å²) in [5.41, 5.74) is 0.312. The van der Waals surface area contributed by atoms with Crippen molar-refractivity contribution in [2.45, 2.75) is 0 Å². The molecule has 112 valence electrons. The van der Waals surface area contributed by atoms with Crippen molar-refractivity contribution in [1.29, 1.82) is 5.26 Å². The highest BCUT2D eigenvalue weighted by atomic mass is 16.5. The van der Waals surface area contributed by atoms with Gasteiger partial charge in [0.1, 0.15) is 18.4 Å². The zero-order valence-electron chi connectivity index (χ0n) is 11.6. The molecule has 1 N–H and O–H groups in total. The summed E-state index contributed by atoms with van der Waals surface area (Å²) in [7, 11) is 1.46. The third kappa shape index (κ3) is 5.50. The lowest BCUT2D eigenvalue weighted by Gasteiger charge is -2.20. The van der Waals surface area contributed by atoms with E-state index in [0.717, 1.165) is 4.90 Å². The fourth-order valence-corrected chi connectivity index (χ4v) is 1.57. The summed E-state index contributed by atoms with van der Waals surface area (Å²) in [4.78, 5) is 23.8. The normalized spacial score (nSPS) is 9.71. The number of carbonyl (C=O) groups is 2. The number of hydrogen-bond donors (Lipinski definition) is 1. The monoisotopic (exact) mass is 292 g/mol. The van der Waals surface area contributed by atoms with Crippen molar-refractivity contribution < 1.29 is 24.2 Å². The molecule has 1 rings (SSSR count). The smallest absolute Gasteiger partial charge is 0.323 e. The Labute approximate surface area is 122 Å². The van der Waals surface area contributed by atoms with E-state index < -0.39 is 18.4 Å². The van der Waals surface area contributed by atoms with Crippen molar-refractivity contribution >= 4 is 11.9 Å². The molecule has 7 heteroatoms. The molecule has 0 heterocycles. The zero-order valence-corrected chi connectivity index (χ0v) is 11.6. The van der Waals surface area contributed by atoms with Gasteiger partial charge in [-0.2, -0.15) is 5.26 Å². The van der Waals surface area contributed by atoms with Gasteiger partial charge >= 0.3 is 5.97 Å². The molecule has 21 heavy (non-hydrogen) atoms. The van der Waals surface area contributed by atoms with E-state index in [4.69, 9.17) is 19.8 Å². The minimum Gasteiger partial charge on any atom is -0.482 e. The van der Waals surface area contributed by atoms with Crippen molar-refractivity contribution in [2.75, 3.05) is 33.4 Å². The molecule has 0 fully saturated rings. The lowest BCUT2D eigenvalue weighted by molar-refractivity contribution is -0.145. The molecule has 0 aliphatic rings. The molecule has 7 nitrogen and oxygen atoms in total. The van der Waals surface area contributed by atoms with E-state index in [1.54, 1.807) is 24.3 Å². The van der Waals surface area contributed by atoms with E-state index in [9.17, 15) is 9.59 Å². The summed E-state index contributed by atoms with van der Waals surface area (Å²) in [6.45, 7) is -0.375. The van der Waals surface area contributed by atoms with E-state index in [1.807, 2.05) is 6.07 Å². The van der Waals surface area contributed by atoms with Crippen LogP contribution in [0.5, 0.6) is 5.75 Å². The molecule has 0 bridgehead atoms. The Morgan fingerprint density at radius 2 is 2.10 bits per heavy atom. The highest BCUT2D eigenvalue weighted by Gasteiger charge is 2.17. The number of amides is 1. The van der Waals surface area contributed by atoms with Crippen LogP contribution in [0.3, 0.4) is 0 Å². The largest absolute Gasteiger partial charge is 0.482 e. The standard InChI is InChI=1S/C14H16N2O5/c1-20-7-6-16(9-14(18)19)13(17)10-21-12-5-3-2-4-11(12)8-15/h2-5H,6-7,9-10H2,1H3,(H,18,19). The third-order valence-electron chi connectivity index (χ3n) is 2.60. The molecule has 0 atom stereocenters. The predicted octanol–water partition coefficient (Wildman–Crippen LogP) is 0.497. The maximum atomic E-state index is 12.0. The molecule has 0 radical (unpaired) electrons. The van der Waals surface area contributed by atoms with Gasteiger partial charge in [0.15, 0.2) is 6.61 Å². The number of rotatable bonds is 8. The van der Waals surface area contributed by atoms with E-state index >= 15 is 0 Å². The van der Waals surface area contributed by atoms with Crippen LogP contribution in [0.15, 0.2) is 24.3 Å². The minimum atomic E-state index is -1.11. The number of nitriles is 1. The summed E-state index contributed by atoms with van der Waals surface area (Å²) in [6.07, 6.45) is 0. The number of methoxy groups -OCH3 is 1. The Morgan fingerprint density at radius 1 is 1.38 bits per heavy atom. The van der Waals surface area contributed by atoms with Crippen LogP contribution < -0.4 is 4.74 Å². The van der Waals surface area contributed by atoms with Gasteiger partial charge in [0, 0.05) is 13.7 Å². The molecule has 0 saturated carbocycles. The van der Waals surface area contributed by atoms with E-state index in [2.05, 4.69) is 0 Å². The number of aliphatic carboxylic acids is 1. The maximum absolute atomic E-state index is 12.0. The van der Waals surface area contributed by atoms with E-state index in [0.29, 0.717) is 5.56 Å². The molecule has 1 aromatic carbocycles. The Kier molecular flexibility index (Phi) is 6.71. The van der Waals surface area contributed by atoms with Crippen LogP contribution in [-0.4, -0.2) is 55.3 Å². The van der Waals surface area contributed by atoms with Crippen LogP contribution in [0.2, 0.25) is 0 Å². The van der Waals surface area contributed by atoms with E-state index in [-0.39, 0.29) is 25.5 Å². The first-order valence-electron chi connectivity index (χ1n) is 6.19. The molecular formula is C14H16N2O5. The second-order valence-corrected chi connectivity index (χ2v) is 4.10. The third-order valence-corrected chi connectivity index (χ3v) is 2.60. The average molecular weight is 292 g/mol. The molecule has 0 unspecified atom stereocenters. The fourth-order valence-electron chi connectivity index (χ4n) is 1.57. The lowest BCUT2D eigenvalue weighted by Crippen LogP contribution is -2.40. The van der Waals surface area contributed by atoms with Gasteiger partial charge in [-0.3, -0.25) is 9.59 Å². The van der Waals surface area contributed by atoms with Crippen molar-refractivity contribution in [3.8, 4) is 11.8 Å². The van der Waals surface area contributed by atoms with Gasteiger partial charge in [-0.15, -0.1) is 0 Å². The number of carbonyl (C=O) groups excluding carboxylic acids is 1. The molecule has 0 aliphatic carbocycles. The second kappa shape index (κ2) is 8.55. The van der Waals surface area contributed by atoms with Gasteiger partial charge in [0.05, 0.1) is 12.2 Å². The number of carboxylic acid groups (broad SMARTS) is 1. The highest BCUT2D eigenvalue weighted by Crippen LogP contribution is 2.16. The molecule has 0 aromatic heterocycles. The zero-order chi connectivity index (χ0) is 15.7. The summed E-state index contributed by atoms with van der Waals surface area (Å²) in [5.74, 6) is -1.31. The Balaban J connectivity index is 2.64. The minimum absolute atomic E-state index is 0.158. The number of hydrogen-bond acceptors (Lipinski definition) is 5. The van der Waals surface area contributed by atoms with Crippen LogP contribution in [-0.2, 0) is 14.3 Å². The topological polar surface area (TPSA) is 99.9 Å². The van der Waals surface area contributed by atoms with Crippen molar-refractivity contribution in [1.82, 2.24) is 4.90 Å². The summed E-state index contributed by atoms with van der Waals surface area (Å²) >= 11 is 0. The fraction of sp³-hybridized carbons (Fsp3) is 0.357. The predicted molar refractivity (Wildman–Crippen MR) is 72.7 cm³/mol. The Morgan fingerprint density at radius 3 is 2.71 bits per heavy atom. The van der Waals surface area contributed by atoms with Gasteiger partial charge in [0.25, 0.3) is 5.91 Å². The molecular weight excluding hydrogens is 276 g/mol. The van der Waals surface area contributed by atoms with Crippen molar-refractivity contribution in [3.63, 3.8) is 0 Å². The number of para-hydroxylation sites is 1. The Hall–Kier alpha value is -2.59. The summed E-state index contributed by atoms with van der Waals surface area (Å²) < 4.78 is 10.1. The first-order valence-corrected chi connectivity index (χ1v) is 6.19. The summed E-state index contributed by atoms with van der Waals surface area (Å²) in [6, 6.07) is 8.46. The molecule has 1 aromatic rings. The molecule has 0 spiro atoms. The number of carboxylic acids is 1. The van der Waals surface area contributed by atoms with Gasteiger partial charge < -0.3 is 19.5 Å². The maximum Gasteiger partial charge on any atom is 0.323 e. The molecule has 1 amide bonds.